The molecule has 1 aromatic heterocycles. The van der Waals surface area contributed by atoms with Gasteiger partial charge in [0.2, 0.25) is 0 Å². The smallest absolute Gasteiger partial charge is 0.163 e. The van der Waals surface area contributed by atoms with Gasteiger partial charge in [0.25, 0.3) is 0 Å². The second kappa shape index (κ2) is 7.91. The van der Waals surface area contributed by atoms with Crippen molar-refractivity contribution in [3.63, 3.8) is 0 Å². The molecule has 0 saturated carbocycles. The van der Waals surface area contributed by atoms with E-state index in [4.69, 9.17) is 0 Å². The lowest BCUT2D eigenvalue weighted by molar-refractivity contribution is -0.116. The van der Waals surface area contributed by atoms with Crippen LogP contribution in [-0.2, 0) is 4.79 Å². The molecule has 2 atom stereocenters. The Morgan fingerprint density at radius 3 is 2.39 bits per heavy atom. The summed E-state index contributed by atoms with van der Waals surface area (Å²) >= 11 is 0. The molecule has 0 unspecified atom stereocenters. The maximum atomic E-state index is 13.5. The van der Waals surface area contributed by atoms with Gasteiger partial charge in [0.05, 0.1) is 17.4 Å². The number of allylic oxidation sites excluding steroid dienone is 1. The first-order valence-electron chi connectivity index (χ1n) is 10.7. The molecule has 31 heavy (non-hydrogen) atoms. The van der Waals surface area contributed by atoms with Gasteiger partial charge in [-0.05, 0) is 53.8 Å². The third-order valence-corrected chi connectivity index (χ3v) is 6.21. The van der Waals surface area contributed by atoms with Crippen LogP contribution in [0.25, 0.3) is 0 Å². The molecular weight excluding hydrogens is 384 g/mol. The zero-order chi connectivity index (χ0) is 21.4. The number of fused-ring (bicyclic) bond motifs is 1. The average Bonchev–Trinajstić information content (AvgIpc) is 2.96. The Morgan fingerprint density at radius 1 is 0.903 bits per heavy atom. The molecule has 5 nitrogen and oxygen atoms in total. The number of carbonyl (C=O) groups is 1. The minimum Gasteiger partial charge on any atom is -0.378 e. The molecule has 5 rings (SSSR count). The summed E-state index contributed by atoms with van der Waals surface area (Å²) in [5.74, 6) is 0.347. The van der Waals surface area contributed by atoms with Gasteiger partial charge in [-0.2, -0.15) is 0 Å². The molecule has 156 valence electrons. The summed E-state index contributed by atoms with van der Waals surface area (Å²) in [6.45, 7) is 0. The van der Waals surface area contributed by atoms with Crippen molar-refractivity contribution in [2.45, 2.75) is 24.8 Å². The molecule has 3 aromatic rings. The van der Waals surface area contributed by atoms with Gasteiger partial charge >= 0.3 is 0 Å². The normalized spacial score (nSPS) is 20.1. The summed E-state index contributed by atoms with van der Waals surface area (Å²) in [4.78, 5) is 19.9. The molecule has 2 heterocycles. The number of pyridine rings is 1. The number of hydrogen-bond donors (Lipinski definition) is 2. The minimum atomic E-state index is -0.218. The van der Waals surface area contributed by atoms with E-state index in [9.17, 15) is 4.79 Å². The summed E-state index contributed by atoms with van der Waals surface area (Å²) < 4.78 is 0. The lowest BCUT2D eigenvalue weighted by Crippen LogP contribution is -2.27. The van der Waals surface area contributed by atoms with Gasteiger partial charge in [0.15, 0.2) is 5.78 Å². The van der Waals surface area contributed by atoms with Gasteiger partial charge in [-0.1, -0.05) is 30.3 Å². The number of rotatable bonds is 3. The van der Waals surface area contributed by atoms with Crippen molar-refractivity contribution >= 4 is 22.8 Å². The minimum absolute atomic E-state index is 0.162. The first-order valence-corrected chi connectivity index (χ1v) is 10.7. The third kappa shape index (κ3) is 3.67. The zero-order valence-corrected chi connectivity index (χ0v) is 17.8. The molecule has 5 heteroatoms. The molecule has 0 bridgehead atoms. The van der Waals surface area contributed by atoms with Gasteiger partial charge < -0.3 is 15.5 Å². The Labute approximate surface area is 182 Å². The molecule has 2 N–H and O–H groups in total. The van der Waals surface area contributed by atoms with E-state index in [2.05, 4.69) is 50.8 Å². The molecule has 1 aliphatic heterocycles. The van der Waals surface area contributed by atoms with E-state index in [1.807, 2.05) is 50.6 Å². The van der Waals surface area contributed by atoms with Crippen molar-refractivity contribution in [2.75, 3.05) is 29.6 Å². The highest BCUT2D eigenvalue weighted by atomic mass is 16.1. The molecule has 0 spiro atoms. The van der Waals surface area contributed by atoms with E-state index < -0.39 is 0 Å². The second-order valence-corrected chi connectivity index (χ2v) is 8.44. The Morgan fingerprint density at radius 2 is 1.68 bits per heavy atom. The summed E-state index contributed by atoms with van der Waals surface area (Å²) in [5, 5.41) is 7.18. The van der Waals surface area contributed by atoms with Crippen molar-refractivity contribution in [2.24, 2.45) is 0 Å². The molecule has 2 aliphatic rings. The van der Waals surface area contributed by atoms with Crippen LogP contribution in [0.4, 0.5) is 17.1 Å². The fourth-order valence-corrected chi connectivity index (χ4v) is 4.57. The van der Waals surface area contributed by atoms with Crippen LogP contribution in [0, 0.1) is 0 Å². The highest BCUT2D eigenvalue weighted by Gasteiger charge is 2.36. The number of benzene rings is 2. The summed E-state index contributed by atoms with van der Waals surface area (Å²) in [6.07, 6.45) is 4.92. The number of para-hydroxylation sites is 2. The number of carbonyl (C=O) groups excluding carboxylic acids is 1. The van der Waals surface area contributed by atoms with E-state index in [1.54, 1.807) is 6.20 Å². The Kier molecular flexibility index (Phi) is 4.94. The van der Waals surface area contributed by atoms with Crippen LogP contribution in [0.3, 0.4) is 0 Å². The fourth-order valence-electron chi connectivity index (χ4n) is 4.57. The van der Waals surface area contributed by atoms with E-state index in [1.165, 1.54) is 5.56 Å². The molecule has 2 aromatic carbocycles. The largest absolute Gasteiger partial charge is 0.378 e. The number of Topliss-reactive ketones (excluding diaryl/α,β-unsaturated/α-hetero) is 1. The Bertz CT molecular complexity index is 1140. The van der Waals surface area contributed by atoms with Crippen molar-refractivity contribution in [3.05, 3.63) is 95.5 Å². The third-order valence-electron chi connectivity index (χ3n) is 6.21. The average molecular weight is 411 g/mol. The number of anilines is 3. The maximum absolute atomic E-state index is 13.5. The van der Waals surface area contributed by atoms with Gasteiger partial charge in [-0.25, -0.2) is 0 Å². The van der Waals surface area contributed by atoms with Crippen LogP contribution in [0.1, 0.15) is 35.9 Å². The molecule has 0 amide bonds. The van der Waals surface area contributed by atoms with E-state index in [0.717, 1.165) is 40.3 Å². The fraction of sp³-hybridized carbons (Fsp3) is 0.231. The van der Waals surface area contributed by atoms with Crippen molar-refractivity contribution in [1.29, 1.82) is 0 Å². The number of nitrogens with zero attached hydrogens (tertiary/aromatic N) is 2. The lowest BCUT2D eigenvalue weighted by atomic mass is 9.78. The van der Waals surface area contributed by atoms with E-state index in [0.29, 0.717) is 6.42 Å². The maximum Gasteiger partial charge on any atom is 0.163 e. The lowest BCUT2D eigenvalue weighted by Gasteiger charge is -2.30. The Balaban J connectivity index is 1.55. The standard InChI is InChI=1S/C26H26N4O/c1-30(2)20-11-9-17(10-12-20)19-14-23-25(24(31)15-19)26(18-6-5-13-27-16-18)29-22-8-4-3-7-21(22)28-23/h3-13,16,19,26,28-29H,14-15H2,1-2H3/t19-,26+/m0/s1. The molecule has 1 aliphatic carbocycles. The second-order valence-electron chi connectivity index (χ2n) is 8.44. The zero-order valence-electron chi connectivity index (χ0n) is 17.8. The number of aromatic nitrogens is 1. The van der Waals surface area contributed by atoms with Crippen LogP contribution in [-0.4, -0.2) is 24.9 Å². The first kappa shape index (κ1) is 19.4. The molecule has 0 saturated heterocycles. The number of nitrogens with one attached hydrogen (secondary N) is 2. The van der Waals surface area contributed by atoms with E-state index >= 15 is 0 Å². The van der Waals surface area contributed by atoms with Crippen molar-refractivity contribution in [1.82, 2.24) is 4.98 Å². The predicted octanol–water partition coefficient (Wildman–Crippen LogP) is 5.13. The molecule has 0 fully saturated rings. The van der Waals surface area contributed by atoms with Crippen LogP contribution < -0.4 is 15.5 Å². The van der Waals surface area contributed by atoms with Crippen LogP contribution in [0.15, 0.2) is 84.3 Å². The number of hydrogen-bond acceptors (Lipinski definition) is 5. The van der Waals surface area contributed by atoms with E-state index in [-0.39, 0.29) is 17.7 Å². The van der Waals surface area contributed by atoms with Gasteiger partial charge in [-0.3, -0.25) is 9.78 Å². The SMILES string of the molecule is CN(C)c1ccc([C@@H]2CC(=O)C3=C(C2)Nc2ccccc2N[C@@H]3c2cccnc2)cc1. The van der Waals surface area contributed by atoms with Gasteiger partial charge in [-0.15, -0.1) is 0 Å². The van der Waals surface area contributed by atoms with Crippen LogP contribution in [0.5, 0.6) is 0 Å². The Hall–Kier alpha value is -3.60. The highest BCUT2D eigenvalue weighted by molar-refractivity contribution is 6.01. The first-order chi connectivity index (χ1) is 15.1. The topological polar surface area (TPSA) is 57.3 Å². The number of ketones is 1. The molecular formula is C26H26N4O. The van der Waals surface area contributed by atoms with Gasteiger partial charge in [0, 0.05) is 49.9 Å². The monoisotopic (exact) mass is 410 g/mol. The van der Waals surface area contributed by atoms with Crippen LogP contribution in [0.2, 0.25) is 0 Å². The van der Waals surface area contributed by atoms with Crippen molar-refractivity contribution in [3.8, 4) is 0 Å². The summed E-state index contributed by atoms with van der Waals surface area (Å²) in [6, 6.07) is 20.4. The highest BCUT2D eigenvalue weighted by Crippen LogP contribution is 2.44. The molecule has 0 radical (unpaired) electrons. The summed E-state index contributed by atoms with van der Waals surface area (Å²) in [7, 11) is 4.07. The summed E-state index contributed by atoms with van der Waals surface area (Å²) in [5.41, 5.74) is 7.18. The van der Waals surface area contributed by atoms with Crippen molar-refractivity contribution < 1.29 is 4.79 Å². The van der Waals surface area contributed by atoms with Crippen LogP contribution >= 0.6 is 0 Å². The van der Waals surface area contributed by atoms with Gasteiger partial charge in [0.1, 0.15) is 0 Å². The quantitative estimate of drug-likeness (QED) is 0.627. The predicted molar refractivity (Wildman–Crippen MR) is 125 cm³/mol.